The zero-order chi connectivity index (χ0) is 46.0. The molecule has 0 nitrogen and oxygen atoms in total. The Labute approximate surface area is 380 Å². The normalized spacial score (nSPS) is 11.6. The first kappa shape index (κ1) is 50.0. The zero-order valence-electron chi connectivity index (χ0n) is 42.2. The highest BCUT2D eigenvalue weighted by Crippen LogP contribution is 2.43. The average molecular weight is 827 g/mol. The van der Waals surface area contributed by atoms with E-state index in [0.29, 0.717) is 47.3 Å². The fraction of sp³-hybridized carbons (Fsp3) is 0.419. The summed E-state index contributed by atoms with van der Waals surface area (Å²) in [5.74, 6) is 3.97. The molecule has 0 saturated carbocycles. The number of rotatable bonds is 12. The zero-order valence-corrected chi connectivity index (χ0v) is 42.2. The van der Waals surface area contributed by atoms with Gasteiger partial charge in [0.15, 0.2) is 0 Å². The molecule has 0 N–H and O–H groups in total. The van der Waals surface area contributed by atoms with Crippen molar-refractivity contribution < 1.29 is 0 Å². The molecule has 62 heavy (non-hydrogen) atoms. The summed E-state index contributed by atoms with van der Waals surface area (Å²) >= 11 is 0. The molecule has 0 aliphatic rings. The Balaban J connectivity index is 0.000000262. The summed E-state index contributed by atoms with van der Waals surface area (Å²) in [7, 11) is 0. The SMILES string of the molecule is CC.CC(C)c1cccc(C(C)C)c1-c1cccc(-c2c(C(C)C)cccc2C(C)C)c1.CC(C)c1cccc(C(C)C)c1-c1cccc(-c2c(C(C)C)cccc2C(C)C)c1. The Bertz CT molecular complexity index is 1910. The van der Waals surface area contributed by atoms with Crippen molar-refractivity contribution >= 4 is 0 Å². The van der Waals surface area contributed by atoms with E-state index in [-0.39, 0.29) is 0 Å². The smallest absolute Gasteiger partial charge is 0.0114 e. The van der Waals surface area contributed by atoms with Gasteiger partial charge in [-0.15, -0.1) is 0 Å². The van der Waals surface area contributed by atoms with E-state index in [1.165, 1.54) is 89.0 Å². The summed E-state index contributed by atoms with van der Waals surface area (Å²) < 4.78 is 0. The molecular weight excluding hydrogens is 745 g/mol. The van der Waals surface area contributed by atoms with Crippen LogP contribution >= 0.6 is 0 Å². The maximum atomic E-state index is 2.43. The van der Waals surface area contributed by atoms with Crippen molar-refractivity contribution in [3.8, 4) is 44.5 Å². The lowest BCUT2D eigenvalue weighted by atomic mass is 9.82. The van der Waals surface area contributed by atoms with Crippen LogP contribution in [0.25, 0.3) is 44.5 Å². The van der Waals surface area contributed by atoms with Gasteiger partial charge in [-0.05, 0) is 148 Å². The minimum absolute atomic E-state index is 0.497. The van der Waals surface area contributed by atoms with Gasteiger partial charge < -0.3 is 0 Å². The van der Waals surface area contributed by atoms with Crippen molar-refractivity contribution in [2.75, 3.05) is 0 Å². The van der Waals surface area contributed by atoms with E-state index in [9.17, 15) is 0 Å². The van der Waals surface area contributed by atoms with Gasteiger partial charge in [0.1, 0.15) is 0 Å². The third-order valence-electron chi connectivity index (χ3n) is 12.4. The van der Waals surface area contributed by atoms with Gasteiger partial charge in [-0.25, -0.2) is 0 Å². The maximum absolute atomic E-state index is 2.43. The average Bonchev–Trinajstić information content (AvgIpc) is 3.26. The molecule has 0 atom stereocenters. The van der Waals surface area contributed by atoms with E-state index in [1.54, 1.807) is 0 Å². The van der Waals surface area contributed by atoms with Gasteiger partial charge in [0.25, 0.3) is 0 Å². The van der Waals surface area contributed by atoms with Gasteiger partial charge >= 0.3 is 0 Å². The van der Waals surface area contributed by atoms with Crippen LogP contribution in [0.5, 0.6) is 0 Å². The summed E-state index contributed by atoms with van der Waals surface area (Å²) in [5.41, 5.74) is 22.6. The first-order valence-corrected chi connectivity index (χ1v) is 24.2. The molecule has 0 aliphatic heterocycles. The lowest BCUT2D eigenvalue weighted by Gasteiger charge is -2.23. The van der Waals surface area contributed by atoms with Crippen molar-refractivity contribution in [1.82, 2.24) is 0 Å². The van der Waals surface area contributed by atoms with E-state index in [2.05, 4.69) is 232 Å². The van der Waals surface area contributed by atoms with Crippen LogP contribution in [0.2, 0.25) is 0 Å². The van der Waals surface area contributed by atoms with Gasteiger partial charge in [-0.1, -0.05) is 234 Å². The van der Waals surface area contributed by atoms with Gasteiger partial charge in [0, 0.05) is 0 Å². The van der Waals surface area contributed by atoms with Crippen LogP contribution in [0.3, 0.4) is 0 Å². The number of hydrogen-bond donors (Lipinski definition) is 0. The second kappa shape index (κ2) is 22.6. The second-order valence-electron chi connectivity index (χ2n) is 19.6. The maximum Gasteiger partial charge on any atom is -0.0114 e. The van der Waals surface area contributed by atoms with Gasteiger partial charge in [0.05, 0.1) is 0 Å². The lowest BCUT2D eigenvalue weighted by Crippen LogP contribution is -2.01. The predicted molar refractivity (Wildman–Crippen MR) is 279 cm³/mol. The molecule has 6 aromatic carbocycles. The molecule has 0 amide bonds. The minimum Gasteiger partial charge on any atom is -0.0683 e. The first-order chi connectivity index (χ1) is 29.4. The highest BCUT2D eigenvalue weighted by atomic mass is 14.3. The molecule has 330 valence electrons. The monoisotopic (exact) mass is 827 g/mol. The Morgan fingerprint density at radius 2 is 0.339 bits per heavy atom. The molecule has 0 saturated heterocycles. The molecule has 0 aromatic heterocycles. The van der Waals surface area contributed by atoms with Crippen LogP contribution in [0, 0.1) is 0 Å². The van der Waals surface area contributed by atoms with E-state index in [0.717, 1.165) is 0 Å². The van der Waals surface area contributed by atoms with Crippen LogP contribution in [0.1, 0.15) is 216 Å². The molecule has 0 heterocycles. The van der Waals surface area contributed by atoms with Crippen molar-refractivity contribution in [2.24, 2.45) is 0 Å². The Morgan fingerprint density at radius 3 is 0.468 bits per heavy atom. The summed E-state index contributed by atoms with van der Waals surface area (Å²) in [6.07, 6.45) is 0. The fourth-order valence-electron chi connectivity index (χ4n) is 9.20. The topological polar surface area (TPSA) is 0 Å². The van der Waals surface area contributed by atoms with Crippen LogP contribution in [0.15, 0.2) is 121 Å². The van der Waals surface area contributed by atoms with Crippen molar-refractivity contribution in [1.29, 1.82) is 0 Å². The molecule has 0 bridgehead atoms. The summed E-state index contributed by atoms with van der Waals surface area (Å²) in [4.78, 5) is 0. The van der Waals surface area contributed by atoms with Crippen molar-refractivity contribution in [3.05, 3.63) is 166 Å². The van der Waals surface area contributed by atoms with Gasteiger partial charge in [-0.3, -0.25) is 0 Å². The summed E-state index contributed by atoms with van der Waals surface area (Å²) in [6, 6.07) is 45.9. The largest absolute Gasteiger partial charge is 0.0683 e. The fourth-order valence-corrected chi connectivity index (χ4v) is 9.20. The highest BCUT2D eigenvalue weighted by Gasteiger charge is 2.21. The third-order valence-corrected chi connectivity index (χ3v) is 12.4. The molecular formula is C62H82. The van der Waals surface area contributed by atoms with Crippen molar-refractivity contribution in [2.45, 2.75) is 172 Å². The Hall–Kier alpha value is -4.68. The Morgan fingerprint density at radius 1 is 0.210 bits per heavy atom. The van der Waals surface area contributed by atoms with E-state index >= 15 is 0 Å². The number of hydrogen-bond acceptors (Lipinski definition) is 0. The quantitative estimate of drug-likeness (QED) is 0.115. The van der Waals surface area contributed by atoms with E-state index in [4.69, 9.17) is 0 Å². The van der Waals surface area contributed by atoms with Crippen molar-refractivity contribution in [3.63, 3.8) is 0 Å². The third kappa shape index (κ3) is 11.5. The number of benzene rings is 6. The molecule has 0 fully saturated rings. The van der Waals surface area contributed by atoms with E-state index < -0.39 is 0 Å². The summed E-state index contributed by atoms with van der Waals surface area (Å²) in [5, 5.41) is 0. The van der Waals surface area contributed by atoms with Crippen LogP contribution in [-0.4, -0.2) is 0 Å². The molecule has 0 heteroatoms. The predicted octanol–water partition coefficient (Wildman–Crippen LogP) is 20.1. The lowest BCUT2D eigenvalue weighted by molar-refractivity contribution is 0.836. The molecule has 0 radical (unpaired) electrons. The minimum atomic E-state index is 0.497. The van der Waals surface area contributed by atoms with Crippen LogP contribution in [0.4, 0.5) is 0 Å². The van der Waals surface area contributed by atoms with Gasteiger partial charge in [-0.2, -0.15) is 0 Å². The Kier molecular flexibility index (Phi) is 18.2. The molecule has 0 spiro atoms. The van der Waals surface area contributed by atoms with E-state index in [1.807, 2.05) is 13.8 Å². The standard InChI is InChI=1S/2C30H38.C2H6/c2*1-19(2)25-14-10-15-26(20(3)4)29(25)23-12-9-13-24(18-23)30-27(21(5)6)16-11-17-28(30)22(7)8;1-2/h2*9-22H,1-8H3;1-2H3. The van der Waals surface area contributed by atoms with Gasteiger partial charge in [0.2, 0.25) is 0 Å². The molecule has 6 rings (SSSR count). The molecule has 6 aromatic rings. The first-order valence-electron chi connectivity index (χ1n) is 24.2. The van der Waals surface area contributed by atoms with Crippen LogP contribution in [-0.2, 0) is 0 Å². The highest BCUT2D eigenvalue weighted by molar-refractivity contribution is 5.82. The molecule has 0 aliphatic carbocycles. The van der Waals surface area contributed by atoms with Crippen LogP contribution < -0.4 is 0 Å². The molecule has 0 unspecified atom stereocenters. The second-order valence-corrected chi connectivity index (χ2v) is 19.6. The summed E-state index contributed by atoms with van der Waals surface area (Å²) in [6.45, 7) is 40.9.